The van der Waals surface area contributed by atoms with E-state index in [1.54, 1.807) is 7.11 Å². The molecule has 0 aliphatic rings. The number of hydrogen-bond acceptors (Lipinski definition) is 4. The number of aryl methyl sites for hydroxylation is 1. The van der Waals surface area contributed by atoms with E-state index in [9.17, 15) is 0 Å². The zero-order valence-electron chi connectivity index (χ0n) is 15.9. The maximum Gasteiger partial charge on any atom is 0.226 e. The summed E-state index contributed by atoms with van der Waals surface area (Å²) >= 11 is 0. The van der Waals surface area contributed by atoms with Gasteiger partial charge in [-0.15, -0.1) is 0 Å². The molecule has 2 aromatic carbocycles. The number of benzene rings is 2. The topological polar surface area (TPSA) is 38.5 Å². The van der Waals surface area contributed by atoms with Crippen LogP contribution in [0, 0.1) is 6.92 Å². The first kappa shape index (κ1) is 18.2. The van der Waals surface area contributed by atoms with E-state index in [0.29, 0.717) is 11.9 Å². The number of methoxy groups -OCH3 is 1. The summed E-state index contributed by atoms with van der Waals surface area (Å²) in [7, 11) is 3.82. The molecule has 0 amide bonds. The van der Waals surface area contributed by atoms with Crippen LogP contribution in [0.3, 0.4) is 0 Å². The number of rotatable bonds is 7. The van der Waals surface area contributed by atoms with Crippen LogP contribution in [-0.2, 0) is 13.0 Å². The van der Waals surface area contributed by atoms with Gasteiger partial charge in [-0.2, -0.15) is 0 Å². The van der Waals surface area contributed by atoms with Crippen molar-refractivity contribution < 1.29 is 9.15 Å². The quantitative estimate of drug-likeness (QED) is 0.618. The lowest BCUT2D eigenvalue weighted by Crippen LogP contribution is -2.30. The van der Waals surface area contributed by atoms with Crippen LogP contribution < -0.4 is 4.74 Å². The summed E-state index contributed by atoms with van der Waals surface area (Å²) < 4.78 is 11.1. The van der Waals surface area contributed by atoms with Gasteiger partial charge >= 0.3 is 0 Å². The largest absolute Gasteiger partial charge is 0.497 e. The fourth-order valence-corrected chi connectivity index (χ4v) is 2.93. The third-order valence-corrected chi connectivity index (χ3v) is 4.76. The Kier molecular flexibility index (Phi) is 5.74. The summed E-state index contributed by atoms with van der Waals surface area (Å²) in [6.07, 6.45) is 0.975. The average Bonchev–Trinajstić information content (AvgIpc) is 3.03. The van der Waals surface area contributed by atoms with E-state index < -0.39 is 0 Å². The van der Waals surface area contributed by atoms with Gasteiger partial charge in [-0.05, 0) is 57.1 Å². The molecule has 0 aliphatic carbocycles. The van der Waals surface area contributed by atoms with Gasteiger partial charge in [-0.1, -0.05) is 30.3 Å². The lowest BCUT2D eigenvalue weighted by atomic mass is 10.1. The van der Waals surface area contributed by atoms with Crippen molar-refractivity contribution in [3.63, 3.8) is 0 Å². The lowest BCUT2D eigenvalue weighted by Gasteiger charge is -2.24. The maximum atomic E-state index is 5.87. The Hall–Kier alpha value is -2.59. The Balaban J connectivity index is 1.65. The highest BCUT2D eigenvalue weighted by molar-refractivity contribution is 5.53. The van der Waals surface area contributed by atoms with Crippen molar-refractivity contribution in [3.05, 3.63) is 71.6 Å². The molecule has 1 unspecified atom stereocenters. The second-order valence-corrected chi connectivity index (χ2v) is 6.70. The van der Waals surface area contributed by atoms with E-state index in [2.05, 4.69) is 31.0 Å². The molecule has 4 nitrogen and oxygen atoms in total. The predicted octanol–water partition coefficient (Wildman–Crippen LogP) is 4.72. The average molecular weight is 350 g/mol. The highest BCUT2D eigenvalue weighted by Crippen LogP contribution is 2.23. The van der Waals surface area contributed by atoms with Gasteiger partial charge in [0.15, 0.2) is 0 Å². The van der Waals surface area contributed by atoms with E-state index >= 15 is 0 Å². The summed E-state index contributed by atoms with van der Waals surface area (Å²) in [5.74, 6) is 2.46. The zero-order chi connectivity index (χ0) is 18.5. The molecule has 3 rings (SSSR count). The van der Waals surface area contributed by atoms with Gasteiger partial charge < -0.3 is 9.15 Å². The van der Waals surface area contributed by atoms with Gasteiger partial charge in [0.2, 0.25) is 5.89 Å². The van der Waals surface area contributed by atoms with Crippen LogP contribution in [0.2, 0.25) is 0 Å². The van der Waals surface area contributed by atoms with E-state index in [1.807, 2.05) is 49.4 Å². The second kappa shape index (κ2) is 8.19. The Morgan fingerprint density at radius 2 is 1.77 bits per heavy atom. The highest BCUT2D eigenvalue weighted by Gasteiger charge is 2.16. The Bertz CT molecular complexity index is 825. The first-order valence-corrected chi connectivity index (χ1v) is 8.91. The van der Waals surface area contributed by atoms with Crippen molar-refractivity contribution in [1.82, 2.24) is 9.88 Å². The molecule has 3 aromatic rings. The van der Waals surface area contributed by atoms with Crippen molar-refractivity contribution in [3.8, 4) is 17.2 Å². The van der Waals surface area contributed by atoms with E-state index in [4.69, 9.17) is 14.1 Å². The van der Waals surface area contributed by atoms with Crippen LogP contribution in [0.25, 0.3) is 11.5 Å². The second-order valence-electron chi connectivity index (χ2n) is 6.70. The third-order valence-electron chi connectivity index (χ3n) is 4.76. The normalized spacial score (nSPS) is 12.3. The summed E-state index contributed by atoms with van der Waals surface area (Å²) in [5.41, 5.74) is 3.30. The Morgan fingerprint density at radius 1 is 1.08 bits per heavy atom. The first-order valence-electron chi connectivity index (χ1n) is 8.91. The molecule has 0 saturated carbocycles. The molecule has 1 heterocycles. The molecule has 0 N–H and O–H groups in total. The van der Waals surface area contributed by atoms with Crippen molar-refractivity contribution in [2.75, 3.05) is 14.2 Å². The number of aromatic nitrogens is 1. The SMILES string of the molecule is COc1ccc(CC(C)N(C)Cc2nc(-c3ccccc3)oc2C)cc1. The summed E-state index contributed by atoms with van der Waals surface area (Å²) in [6.45, 7) is 4.98. The number of oxazole rings is 1. The molecular weight excluding hydrogens is 324 g/mol. The molecule has 1 atom stereocenters. The maximum absolute atomic E-state index is 5.87. The number of nitrogens with zero attached hydrogens (tertiary/aromatic N) is 2. The molecule has 1 aromatic heterocycles. The van der Waals surface area contributed by atoms with Gasteiger partial charge in [0, 0.05) is 18.2 Å². The van der Waals surface area contributed by atoms with E-state index in [-0.39, 0.29) is 0 Å². The lowest BCUT2D eigenvalue weighted by molar-refractivity contribution is 0.244. The Labute approximate surface area is 155 Å². The molecule has 0 aliphatic heterocycles. The molecule has 0 saturated heterocycles. The van der Waals surface area contributed by atoms with Crippen LogP contribution in [0.4, 0.5) is 0 Å². The number of hydrogen-bond donors (Lipinski definition) is 0. The van der Waals surface area contributed by atoms with Gasteiger partial charge in [-0.3, -0.25) is 4.90 Å². The summed E-state index contributed by atoms with van der Waals surface area (Å²) in [6, 6.07) is 18.7. The van der Waals surface area contributed by atoms with Crippen molar-refractivity contribution >= 4 is 0 Å². The molecular formula is C22H26N2O2. The van der Waals surface area contributed by atoms with E-state index in [0.717, 1.165) is 35.7 Å². The van der Waals surface area contributed by atoms with Gasteiger partial charge in [-0.25, -0.2) is 4.98 Å². The van der Waals surface area contributed by atoms with Crippen molar-refractivity contribution in [2.45, 2.75) is 32.9 Å². The molecule has 26 heavy (non-hydrogen) atoms. The molecule has 0 fully saturated rings. The summed E-state index contributed by atoms with van der Waals surface area (Å²) in [4.78, 5) is 7.02. The van der Waals surface area contributed by atoms with Gasteiger partial charge in [0.1, 0.15) is 11.5 Å². The smallest absolute Gasteiger partial charge is 0.226 e. The van der Waals surface area contributed by atoms with Crippen LogP contribution in [0.1, 0.15) is 23.9 Å². The molecule has 136 valence electrons. The minimum Gasteiger partial charge on any atom is -0.497 e. The fraction of sp³-hybridized carbons (Fsp3) is 0.318. The van der Waals surface area contributed by atoms with Crippen LogP contribution in [-0.4, -0.2) is 30.1 Å². The van der Waals surface area contributed by atoms with E-state index in [1.165, 1.54) is 5.56 Å². The zero-order valence-corrected chi connectivity index (χ0v) is 15.9. The highest BCUT2D eigenvalue weighted by atomic mass is 16.5. The van der Waals surface area contributed by atoms with Crippen molar-refractivity contribution in [1.29, 1.82) is 0 Å². The molecule has 4 heteroatoms. The first-order chi connectivity index (χ1) is 12.6. The molecule has 0 radical (unpaired) electrons. The standard InChI is InChI=1S/C22H26N2O2/c1-16(14-18-10-12-20(25-4)13-11-18)24(3)15-21-17(2)26-22(23-21)19-8-6-5-7-9-19/h5-13,16H,14-15H2,1-4H3. The van der Waals surface area contributed by atoms with Crippen LogP contribution >= 0.6 is 0 Å². The van der Waals surface area contributed by atoms with Crippen LogP contribution in [0.5, 0.6) is 5.75 Å². The monoisotopic (exact) mass is 350 g/mol. The van der Waals surface area contributed by atoms with Crippen molar-refractivity contribution in [2.24, 2.45) is 0 Å². The number of ether oxygens (including phenoxy) is 1. The third kappa shape index (κ3) is 4.33. The minimum absolute atomic E-state index is 0.389. The van der Waals surface area contributed by atoms with Crippen LogP contribution in [0.15, 0.2) is 59.0 Å². The molecule has 0 bridgehead atoms. The number of likely N-dealkylation sites (N-methyl/N-ethyl adjacent to an activating group) is 1. The minimum atomic E-state index is 0.389. The Morgan fingerprint density at radius 3 is 2.42 bits per heavy atom. The van der Waals surface area contributed by atoms with Gasteiger partial charge in [0.25, 0.3) is 0 Å². The fourth-order valence-electron chi connectivity index (χ4n) is 2.93. The predicted molar refractivity (Wildman–Crippen MR) is 104 cm³/mol. The van der Waals surface area contributed by atoms with Gasteiger partial charge in [0.05, 0.1) is 12.8 Å². The summed E-state index contributed by atoms with van der Waals surface area (Å²) in [5, 5.41) is 0. The molecule has 0 spiro atoms.